The van der Waals surface area contributed by atoms with Crippen LogP contribution in [0.15, 0.2) is 96.0 Å². The van der Waals surface area contributed by atoms with Gasteiger partial charge in [0.05, 0.1) is 55.5 Å². The van der Waals surface area contributed by atoms with E-state index in [0.717, 1.165) is 120 Å². The molecule has 4 amide bonds. The van der Waals surface area contributed by atoms with E-state index < -0.39 is 6.04 Å². The van der Waals surface area contributed by atoms with Crippen molar-refractivity contribution in [3.8, 4) is 50.9 Å². The number of carbonyl (C=O) groups excluding carboxylic acids is 4. The van der Waals surface area contributed by atoms with Crippen LogP contribution in [0.1, 0.15) is 109 Å². The second-order valence-electron chi connectivity index (χ2n) is 19.6. The first kappa shape index (κ1) is 54.5. The van der Waals surface area contributed by atoms with Crippen LogP contribution in [-0.2, 0) is 25.6 Å². The number of fused-ring (bicyclic) bond motifs is 3. The molecule has 3 atom stereocenters. The van der Waals surface area contributed by atoms with E-state index in [-0.39, 0.29) is 41.6 Å². The van der Waals surface area contributed by atoms with Crippen molar-refractivity contribution in [1.82, 2.24) is 25.5 Å². The quantitative estimate of drug-likeness (QED) is 0.0392. The highest BCUT2D eigenvalue weighted by molar-refractivity contribution is 7.10. The van der Waals surface area contributed by atoms with Gasteiger partial charge < -0.3 is 35.1 Å². The lowest BCUT2D eigenvalue weighted by Gasteiger charge is -2.35. The molecule has 382 valence electrons. The Balaban J connectivity index is 0.000000451. The molecule has 13 nitrogen and oxygen atoms in total. The molecule has 3 aromatic carbocycles. The minimum atomic E-state index is -0.510. The third kappa shape index (κ3) is 14.6. The van der Waals surface area contributed by atoms with Gasteiger partial charge in [-0.05, 0) is 130 Å². The van der Waals surface area contributed by atoms with Gasteiger partial charge in [-0.1, -0.05) is 82.0 Å². The van der Waals surface area contributed by atoms with E-state index in [1.54, 1.807) is 25.6 Å². The standard InChI is InChI=1S/C46H56N4O6.C12H16N2OS/c1-30-15-14-25-50(30)45(53)44(46(2,3)4)49-41(51)18-10-8-7-9-13-26-56-33-22-19-31(20-23-33)38-28-35(32-21-24-39(54-5)40(27-32)55-6)36-29-42(52)47-37-17-12-11-16-34(37)43(36)48-38;1-9(10(2)13-7-15)5-4-6-12-11(3)14-8-16-12/h11-12,16-17,19-24,27-28,30,44H,7-10,13-15,18,25-26,29H2,1-6H3,(H,47,52)(H,49,51);4-8,10H,1-3H3,(H,13,15)/b;6-4+,9-5+. The van der Waals surface area contributed by atoms with Crippen LogP contribution in [0.4, 0.5) is 5.69 Å². The predicted octanol–water partition coefficient (Wildman–Crippen LogP) is 11.4. The number of unbranched alkanes of at least 4 members (excludes halogenated alkanes) is 4. The van der Waals surface area contributed by atoms with Gasteiger partial charge in [0.25, 0.3) is 0 Å². The molecule has 3 N–H and O–H groups in total. The number of thiazole rings is 1. The minimum absolute atomic E-state index is 0.0408. The van der Waals surface area contributed by atoms with Crippen LogP contribution in [0.25, 0.3) is 39.7 Å². The zero-order valence-corrected chi connectivity index (χ0v) is 44.2. The van der Waals surface area contributed by atoms with Gasteiger partial charge in [-0.3, -0.25) is 19.2 Å². The smallest absolute Gasteiger partial charge is 0.245 e. The van der Waals surface area contributed by atoms with Crippen molar-refractivity contribution in [2.24, 2.45) is 5.41 Å². The van der Waals surface area contributed by atoms with Gasteiger partial charge in [-0.15, -0.1) is 11.3 Å². The molecule has 72 heavy (non-hydrogen) atoms. The normalized spacial score (nSPS) is 15.2. The molecule has 0 radical (unpaired) electrons. The highest BCUT2D eigenvalue weighted by atomic mass is 32.1. The summed E-state index contributed by atoms with van der Waals surface area (Å²) in [5, 5.41) is 8.82. The average molecular weight is 997 g/mol. The fraction of sp³-hybridized carbons (Fsp3) is 0.414. The van der Waals surface area contributed by atoms with Crippen LogP contribution >= 0.6 is 11.3 Å². The number of pyridine rings is 1. The number of allylic oxidation sites excluding steroid dienone is 2. The third-order valence-electron chi connectivity index (χ3n) is 13.2. The maximum absolute atomic E-state index is 13.3. The molecule has 0 aliphatic carbocycles. The summed E-state index contributed by atoms with van der Waals surface area (Å²) in [4.78, 5) is 61.9. The largest absolute Gasteiger partial charge is 0.494 e. The monoisotopic (exact) mass is 997 g/mol. The number of hydrogen-bond donors (Lipinski definition) is 3. The van der Waals surface area contributed by atoms with Crippen molar-refractivity contribution in [3.63, 3.8) is 0 Å². The van der Waals surface area contributed by atoms with Gasteiger partial charge in [-0.2, -0.15) is 0 Å². The topological polar surface area (TPSA) is 161 Å². The Labute approximate surface area is 429 Å². The highest BCUT2D eigenvalue weighted by Gasteiger charge is 2.38. The molecule has 1 saturated heterocycles. The Morgan fingerprint density at radius 2 is 1.67 bits per heavy atom. The van der Waals surface area contributed by atoms with Crippen LogP contribution in [0.5, 0.6) is 17.2 Å². The molecule has 5 aromatic rings. The number of nitrogens with one attached hydrogen (secondary N) is 3. The maximum Gasteiger partial charge on any atom is 0.245 e. The molecule has 2 aliphatic rings. The molecule has 1 fully saturated rings. The zero-order chi connectivity index (χ0) is 51.8. The van der Waals surface area contributed by atoms with Gasteiger partial charge in [0, 0.05) is 41.1 Å². The van der Waals surface area contributed by atoms with Crippen molar-refractivity contribution in [3.05, 3.63) is 112 Å². The molecule has 0 saturated carbocycles. The molecule has 0 bridgehead atoms. The van der Waals surface area contributed by atoms with E-state index in [4.69, 9.17) is 19.2 Å². The lowest BCUT2D eigenvalue weighted by molar-refractivity contribution is -0.140. The molecule has 7 rings (SSSR count). The first-order chi connectivity index (χ1) is 34.6. The van der Waals surface area contributed by atoms with Gasteiger partial charge in [0.15, 0.2) is 11.5 Å². The SMILES string of the molecule is C/C(=C\C=C\c1scnc1C)C(C)NC=O.COc1ccc(-c2cc(-c3ccc(OCCCCCCCC(=O)NC(C(=O)N4CCCC4C)C(C)(C)C)cc3)nc3c2CC(=O)Nc2ccccc2-3)cc1OC. The Hall–Kier alpha value is -6.80. The minimum Gasteiger partial charge on any atom is -0.494 e. The van der Waals surface area contributed by atoms with E-state index in [9.17, 15) is 19.2 Å². The Bertz CT molecular complexity index is 2710. The average Bonchev–Trinajstić information content (AvgIpc) is 3.96. The number of aromatic nitrogens is 2. The van der Waals surface area contributed by atoms with Crippen LogP contribution in [0.3, 0.4) is 0 Å². The van der Waals surface area contributed by atoms with Crippen LogP contribution in [0, 0.1) is 12.3 Å². The summed E-state index contributed by atoms with van der Waals surface area (Å²) in [5.74, 6) is 1.91. The summed E-state index contributed by atoms with van der Waals surface area (Å²) in [6.45, 7) is 15.4. The van der Waals surface area contributed by atoms with Crippen LogP contribution in [-0.4, -0.2) is 84.5 Å². The Morgan fingerprint density at radius 3 is 2.35 bits per heavy atom. The van der Waals surface area contributed by atoms with Gasteiger partial charge in [0.1, 0.15) is 11.8 Å². The van der Waals surface area contributed by atoms with Crippen molar-refractivity contribution >= 4 is 47.2 Å². The van der Waals surface area contributed by atoms with Gasteiger partial charge in [-0.25, -0.2) is 9.97 Å². The fourth-order valence-electron chi connectivity index (χ4n) is 8.81. The summed E-state index contributed by atoms with van der Waals surface area (Å²) in [6, 6.07) is 23.4. The molecule has 3 unspecified atom stereocenters. The molecule has 2 aromatic heterocycles. The zero-order valence-electron chi connectivity index (χ0n) is 43.4. The van der Waals surface area contributed by atoms with Crippen LogP contribution < -0.4 is 30.2 Å². The highest BCUT2D eigenvalue weighted by Crippen LogP contribution is 2.42. The number of carbonyl (C=O) groups is 4. The summed E-state index contributed by atoms with van der Waals surface area (Å²) in [7, 11) is 3.22. The molecule has 14 heteroatoms. The predicted molar refractivity (Wildman–Crippen MR) is 289 cm³/mol. The lowest BCUT2D eigenvalue weighted by atomic mass is 9.85. The van der Waals surface area contributed by atoms with Crippen molar-refractivity contribution in [1.29, 1.82) is 0 Å². The summed E-state index contributed by atoms with van der Waals surface area (Å²) in [5.41, 5.74) is 10.4. The molecule has 2 aliphatic heterocycles. The first-order valence-corrected chi connectivity index (χ1v) is 25.9. The van der Waals surface area contributed by atoms with E-state index in [1.165, 1.54) is 4.88 Å². The summed E-state index contributed by atoms with van der Waals surface area (Å²) >= 11 is 1.62. The number of nitrogens with zero attached hydrogens (tertiary/aromatic N) is 3. The number of amides is 4. The second-order valence-corrected chi connectivity index (χ2v) is 20.5. The fourth-order valence-corrected chi connectivity index (χ4v) is 9.52. The Morgan fingerprint density at radius 1 is 0.944 bits per heavy atom. The molecule has 4 heterocycles. The van der Waals surface area contributed by atoms with E-state index >= 15 is 0 Å². The molecular weight excluding hydrogens is 925 g/mol. The second kappa shape index (κ2) is 26.1. The number of hydrogen-bond acceptors (Lipinski definition) is 10. The molecular formula is C58H72N6O7S. The summed E-state index contributed by atoms with van der Waals surface area (Å²) < 4.78 is 17.2. The van der Waals surface area contributed by atoms with E-state index in [1.807, 2.05) is 143 Å². The van der Waals surface area contributed by atoms with E-state index in [2.05, 4.69) is 27.9 Å². The number of anilines is 1. The van der Waals surface area contributed by atoms with Gasteiger partial charge >= 0.3 is 0 Å². The lowest BCUT2D eigenvalue weighted by Crippen LogP contribution is -2.55. The van der Waals surface area contributed by atoms with E-state index in [0.29, 0.717) is 24.5 Å². The summed E-state index contributed by atoms with van der Waals surface area (Å²) in [6.07, 6.45) is 14.1. The number of para-hydroxylation sites is 1. The van der Waals surface area contributed by atoms with Crippen LogP contribution in [0.2, 0.25) is 0 Å². The maximum atomic E-state index is 13.3. The number of rotatable bonds is 20. The number of methoxy groups -OCH3 is 2. The van der Waals surface area contributed by atoms with Crippen molar-refractivity contribution in [2.45, 2.75) is 124 Å². The molecule has 0 spiro atoms. The van der Waals surface area contributed by atoms with Crippen molar-refractivity contribution in [2.75, 3.05) is 32.7 Å². The number of likely N-dealkylation sites (tertiary alicyclic amines) is 1. The van der Waals surface area contributed by atoms with Crippen molar-refractivity contribution < 1.29 is 33.4 Å². The third-order valence-corrected chi connectivity index (χ3v) is 14.1. The Kier molecular flexibility index (Phi) is 19.7. The van der Waals surface area contributed by atoms with Gasteiger partial charge in [0.2, 0.25) is 24.1 Å². The number of aryl methyl sites for hydroxylation is 1. The number of benzene rings is 3. The number of ether oxygens (including phenoxy) is 3. The first-order valence-electron chi connectivity index (χ1n) is 25.0.